The van der Waals surface area contributed by atoms with Crippen LogP contribution in [0.25, 0.3) is 0 Å². The number of nitrogens with zero attached hydrogens (tertiary/aromatic N) is 2. The van der Waals surface area contributed by atoms with Gasteiger partial charge in [0, 0.05) is 36.8 Å². The van der Waals surface area contributed by atoms with E-state index in [-0.39, 0.29) is 36.5 Å². The third kappa shape index (κ3) is 7.61. The second-order valence-electron chi connectivity index (χ2n) is 10.8. The van der Waals surface area contributed by atoms with E-state index in [0.29, 0.717) is 24.4 Å². The Balaban J connectivity index is 1.54. The van der Waals surface area contributed by atoms with Crippen LogP contribution >= 0.6 is 0 Å². The number of alkyl carbamates (subject to hydrolysis) is 1. The molecule has 2 saturated heterocycles. The largest absolute Gasteiger partial charge is 0.484 e. The molecule has 2 fully saturated rings. The molecule has 0 aliphatic carbocycles. The van der Waals surface area contributed by atoms with Gasteiger partial charge in [0.25, 0.3) is 11.8 Å². The van der Waals surface area contributed by atoms with Gasteiger partial charge in [0.15, 0.2) is 6.61 Å². The van der Waals surface area contributed by atoms with Crippen LogP contribution in [0.15, 0.2) is 24.3 Å². The van der Waals surface area contributed by atoms with Gasteiger partial charge in [-0.15, -0.1) is 0 Å². The molecule has 8 heteroatoms. The normalized spacial score (nSPS) is 22.9. The van der Waals surface area contributed by atoms with Crippen molar-refractivity contribution in [2.24, 2.45) is 0 Å². The van der Waals surface area contributed by atoms with Gasteiger partial charge in [-0.1, -0.05) is 0 Å². The van der Waals surface area contributed by atoms with E-state index in [0.717, 1.165) is 38.5 Å². The lowest BCUT2D eigenvalue weighted by Gasteiger charge is -2.39. The molecule has 8 nitrogen and oxygen atoms in total. The molecule has 0 saturated carbocycles. The summed E-state index contributed by atoms with van der Waals surface area (Å²) in [5.74, 6) is 0.492. The van der Waals surface area contributed by atoms with Crippen LogP contribution in [0.2, 0.25) is 0 Å². The molecule has 2 aliphatic rings. The van der Waals surface area contributed by atoms with Gasteiger partial charge in [0.1, 0.15) is 11.4 Å². The molecule has 1 aromatic rings. The summed E-state index contributed by atoms with van der Waals surface area (Å²) in [5, 5.41) is 2.80. The maximum Gasteiger partial charge on any atom is 0.407 e. The summed E-state index contributed by atoms with van der Waals surface area (Å²) in [6, 6.07) is 7.34. The predicted molar refractivity (Wildman–Crippen MR) is 134 cm³/mol. The van der Waals surface area contributed by atoms with Crippen molar-refractivity contribution in [1.82, 2.24) is 15.1 Å². The number of likely N-dealkylation sites (tertiary alicyclic amines) is 2. The number of carbonyl (C=O) groups is 3. The quantitative estimate of drug-likeness (QED) is 0.644. The van der Waals surface area contributed by atoms with Gasteiger partial charge < -0.3 is 24.6 Å². The molecule has 0 aromatic heterocycles. The fourth-order valence-corrected chi connectivity index (χ4v) is 4.99. The number of hydrogen-bond donors (Lipinski definition) is 1. The van der Waals surface area contributed by atoms with Crippen LogP contribution in [0.3, 0.4) is 0 Å². The molecule has 3 unspecified atom stereocenters. The minimum atomic E-state index is -0.565. The number of ether oxygens (including phenoxy) is 2. The Hall–Kier alpha value is -2.77. The van der Waals surface area contributed by atoms with Gasteiger partial charge in [-0.2, -0.15) is 0 Å². The van der Waals surface area contributed by atoms with Gasteiger partial charge in [0.05, 0.1) is 0 Å². The monoisotopic (exact) mass is 487 g/mol. The number of rotatable bonds is 6. The van der Waals surface area contributed by atoms with Crippen molar-refractivity contribution in [3.05, 3.63) is 29.8 Å². The average molecular weight is 488 g/mol. The van der Waals surface area contributed by atoms with E-state index >= 15 is 0 Å². The average Bonchev–Trinajstić information content (AvgIpc) is 2.80. The topological polar surface area (TPSA) is 88.2 Å². The fourth-order valence-electron chi connectivity index (χ4n) is 4.99. The third-order valence-electron chi connectivity index (χ3n) is 6.71. The summed E-state index contributed by atoms with van der Waals surface area (Å²) in [7, 11) is 0. The summed E-state index contributed by atoms with van der Waals surface area (Å²) in [4.78, 5) is 41.7. The summed E-state index contributed by atoms with van der Waals surface area (Å²) in [6.45, 7) is 10.6. The molecule has 35 heavy (non-hydrogen) atoms. The number of carbonyl (C=O) groups excluding carboxylic acids is 3. The minimum Gasteiger partial charge on any atom is -0.484 e. The zero-order chi connectivity index (χ0) is 25.6. The molecule has 0 spiro atoms. The fraction of sp³-hybridized carbons (Fsp3) is 0.667. The van der Waals surface area contributed by atoms with Crippen molar-refractivity contribution in [3.8, 4) is 5.75 Å². The van der Waals surface area contributed by atoms with Crippen molar-refractivity contribution in [2.75, 3.05) is 19.7 Å². The highest BCUT2D eigenvalue weighted by Crippen LogP contribution is 2.24. The van der Waals surface area contributed by atoms with E-state index in [2.05, 4.69) is 19.2 Å². The van der Waals surface area contributed by atoms with Crippen LogP contribution in [0.5, 0.6) is 5.75 Å². The first-order valence-electron chi connectivity index (χ1n) is 12.9. The molecule has 2 aliphatic heterocycles. The van der Waals surface area contributed by atoms with Crippen LogP contribution in [0.1, 0.15) is 83.5 Å². The van der Waals surface area contributed by atoms with Crippen molar-refractivity contribution in [2.45, 2.75) is 96.9 Å². The highest BCUT2D eigenvalue weighted by atomic mass is 16.6. The number of nitrogens with one attached hydrogen (secondary N) is 1. The Morgan fingerprint density at radius 2 is 1.63 bits per heavy atom. The number of benzene rings is 1. The van der Waals surface area contributed by atoms with Crippen molar-refractivity contribution in [1.29, 1.82) is 0 Å². The van der Waals surface area contributed by atoms with E-state index in [1.165, 1.54) is 0 Å². The first kappa shape index (κ1) is 26.8. The summed E-state index contributed by atoms with van der Waals surface area (Å²) in [5.41, 5.74) is -0.00340. The van der Waals surface area contributed by atoms with E-state index < -0.39 is 11.7 Å². The molecular formula is C27H41N3O5. The molecule has 2 heterocycles. The number of piperidine rings is 2. The lowest BCUT2D eigenvalue weighted by molar-refractivity contribution is -0.139. The Labute approximate surface area is 209 Å². The minimum absolute atomic E-state index is 0.00139. The van der Waals surface area contributed by atoms with Gasteiger partial charge >= 0.3 is 6.09 Å². The van der Waals surface area contributed by atoms with Crippen LogP contribution < -0.4 is 10.1 Å². The smallest absolute Gasteiger partial charge is 0.407 e. The molecule has 3 rings (SSSR count). The van der Waals surface area contributed by atoms with Gasteiger partial charge in [0.2, 0.25) is 0 Å². The predicted octanol–water partition coefficient (Wildman–Crippen LogP) is 4.37. The van der Waals surface area contributed by atoms with Crippen LogP contribution in [-0.4, -0.2) is 71.1 Å². The van der Waals surface area contributed by atoms with E-state index in [9.17, 15) is 14.4 Å². The SMILES string of the molecule is CC1CCCC(C)N1C(=O)COc1ccc(C(=O)N2CCCCC2CNC(=O)OC(C)(C)C)cc1. The summed E-state index contributed by atoms with van der Waals surface area (Å²) < 4.78 is 11.1. The van der Waals surface area contributed by atoms with E-state index in [1.54, 1.807) is 24.3 Å². The van der Waals surface area contributed by atoms with Crippen molar-refractivity contribution >= 4 is 17.9 Å². The first-order valence-corrected chi connectivity index (χ1v) is 12.9. The molecule has 1 N–H and O–H groups in total. The van der Waals surface area contributed by atoms with Crippen LogP contribution in [0.4, 0.5) is 4.79 Å². The zero-order valence-corrected chi connectivity index (χ0v) is 21.8. The molecule has 194 valence electrons. The maximum atomic E-state index is 13.2. The maximum absolute atomic E-state index is 13.2. The summed E-state index contributed by atoms with van der Waals surface area (Å²) >= 11 is 0. The highest BCUT2D eigenvalue weighted by Gasteiger charge is 2.30. The molecule has 0 radical (unpaired) electrons. The standard InChI is InChI=1S/C27H41N3O5/c1-19-9-8-10-20(2)30(19)24(31)18-34-23-14-12-21(13-15-23)25(32)29-16-7-6-11-22(29)17-28-26(33)35-27(3,4)5/h12-15,19-20,22H,6-11,16-18H2,1-5H3,(H,28,33). The Bertz CT molecular complexity index is 870. The third-order valence-corrected chi connectivity index (χ3v) is 6.71. The Morgan fingerprint density at radius 1 is 0.971 bits per heavy atom. The van der Waals surface area contributed by atoms with Crippen molar-refractivity contribution in [3.63, 3.8) is 0 Å². The molecular weight excluding hydrogens is 446 g/mol. The highest BCUT2D eigenvalue weighted by molar-refractivity contribution is 5.94. The number of amides is 3. The van der Waals surface area contributed by atoms with Gasteiger partial charge in [-0.05, 0) is 97.4 Å². The first-order chi connectivity index (χ1) is 16.5. The second-order valence-corrected chi connectivity index (χ2v) is 10.8. The molecule has 1 aromatic carbocycles. The van der Waals surface area contributed by atoms with E-state index in [1.807, 2.05) is 30.6 Å². The van der Waals surface area contributed by atoms with Crippen molar-refractivity contribution < 1.29 is 23.9 Å². The lowest BCUT2D eigenvalue weighted by atomic mass is 9.97. The molecule has 3 amide bonds. The van der Waals surface area contributed by atoms with Gasteiger partial charge in [-0.25, -0.2) is 4.79 Å². The Morgan fingerprint density at radius 3 is 2.26 bits per heavy atom. The number of hydrogen-bond acceptors (Lipinski definition) is 5. The lowest BCUT2D eigenvalue weighted by Crippen LogP contribution is -2.50. The van der Waals surface area contributed by atoms with Crippen LogP contribution in [-0.2, 0) is 9.53 Å². The zero-order valence-electron chi connectivity index (χ0n) is 21.8. The van der Waals surface area contributed by atoms with Crippen LogP contribution in [0, 0.1) is 0 Å². The molecule has 3 atom stereocenters. The second kappa shape index (κ2) is 11.8. The van der Waals surface area contributed by atoms with Gasteiger partial charge in [-0.3, -0.25) is 9.59 Å². The van der Waals surface area contributed by atoms with E-state index in [4.69, 9.17) is 9.47 Å². The molecule has 0 bridgehead atoms. The Kier molecular flexibility index (Phi) is 9.03. The summed E-state index contributed by atoms with van der Waals surface area (Å²) in [6.07, 6.45) is 5.51.